The van der Waals surface area contributed by atoms with Crippen LogP contribution in [0.2, 0.25) is 0 Å². The summed E-state index contributed by atoms with van der Waals surface area (Å²) >= 11 is 3.08. The van der Waals surface area contributed by atoms with Gasteiger partial charge in [0.15, 0.2) is 0 Å². The van der Waals surface area contributed by atoms with Crippen LogP contribution in [0.25, 0.3) is 0 Å². The molecule has 2 aromatic heterocycles. The van der Waals surface area contributed by atoms with Crippen molar-refractivity contribution in [3.63, 3.8) is 0 Å². The van der Waals surface area contributed by atoms with E-state index in [0.717, 1.165) is 23.9 Å². The molecule has 0 saturated carbocycles. The highest BCUT2D eigenvalue weighted by molar-refractivity contribution is 7.09. The van der Waals surface area contributed by atoms with E-state index in [4.69, 9.17) is 5.11 Å². The number of nitrogens with zero attached hydrogens (tertiary/aromatic N) is 3. The van der Waals surface area contributed by atoms with Gasteiger partial charge in [-0.25, -0.2) is 4.98 Å². The van der Waals surface area contributed by atoms with Gasteiger partial charge in [-0.2, -0.15) is 15.7 Å². The molecule has 0 aliphatic carbocycles. The zero-order valence-corrected chi connectivity index (χ0v) is 11.3. The van der Waals surface area contributed by atoms with Gasteiger partial charge in [-0.1, -0.05) is 6.92 Å². The number of thiophene rings is 1. The van der Waals surface area contributed by atoms with E-state index < -0.39 is 0 Å². The van der Waals surface area contributed by atoms with E-state index in [1.165, 1.54) is 17.1 Å². The van der Waals surface area contributed by atoms with Crippen molar-refractivity contribution in [2.45, 2.75) is 19.9 Å². The van der Waals surface area contributed by atoms with Gasteiger partial charge in [0.1, 0.15) is 5.82 Å². The molecule has 0 aliphatic rings. The van der Waals surface area contributed by atoms with Gasteiger partial charge in [0.25, 0.3) is 0 Å². The molecule has 0 unspecified atom stereocenters. The van der Waals surface area contributed by atoms with Crippen LogP contribution in [0.5, 0.6) is 0 Å². The highest BCUT2D eigenvalue weighted by Gasteiger charge is 2.12. The molecule has 1 N–H and O–H groups in total. The lowest BCUT2D eigenvalue weighted by Crippen LogP contribution is -2.25. The maximum absolute atomic E-state index is 9.11. The molecule has 17 heavy (non-hydrogen) atoms. The smallest absolute Gasteiger partial charge is 0.205 e. The van der Waals surface area contributed by atoms with Crippen LogP contribution in [0.1, 0.15) is 18.3 Å². The third-order valence-corrected chi connectivity index (χ3v) is 3.91. The van der Waals surface area contributed by atoms with Gasteiger partial charge in [0, 0.05) is 31.0 Å². The van der Waals surface area contributed by atoms with E-state index in [1.807, 2.05) is 6.92 Å². The maximum Gasteiger partial charge on any atom is 0.205 e. The number of aliphatic hydroxyl groups excluding tert-OH is 1. The van der Waals surface area contributed by atoms with Crippen LogP contribution < -0.4 is 4.90 Å². The minimum atomic E-state index is 0.130. The summed E-state index contributed by atoms with van der Waals surface area (Å²) in [4.78, 5) is 6.52. The molecular formula is C11H15N3OS2. The number of anilines is 1. The first-order valence-corrected chi connectivity index (χ1v) is 7.24. The molecule has 0 aliphatic heterocycles. The second-order valence-corrected chi connectivity index (χ2v) is 5.13. The van der Waals surface area contributed by atoms with Crippen molar-refractivity contribution in [3.8, 4) is 0 Å². The second-order valence-electron chi connectivity index (χ2n) is 3.62. The van der Waals surface area contributed by atoms with Gasteiger partial charge in [-0.15, -0.1) is 0 Å². The fraction of sp³-hybridized carbons (Fsp3) is 0.455. The van der Waals surface area contributed by atoms with E-state index in [0.29, 0.717) is 6.54 Å². The lowest BCUT2D eigenvalue weighted by Gasteiger charge is -2.19. The third-order valence-electron chi connectivity index (χ3n) is 2.37. The molecule has 0 saturated heterocycles. The Bertz CT molecular complexity index is 441. The minimum Gasteiger partial charge on any atom is -0.395 e. The summed E-state index contributed by atoms with van der Waals surface area (Å²) in [7, 11) is 0. The van der Waals surface area contributed by atoms with Gasteiger partial charge < -0.3 is 10.0 Å². The van der Waals surface area contributed by atoms with E-state index in [1.54, 1.807) is 11.3 Å². The summed E-state index contributed by atoms with van der Waals surface area (Å²) in [6.07, 6.45) is 0.849. The SMILES string of the molecule is CCc1nsc(N(CCO)Cc2ccsc2)n1. The van der Waals surface area contributed by atoms with E-state index in [9.17, 15) is 0 Å². The Labute approximate surface area is 109 Å². The Morgan fingerprint density at radius 3 is 2.94 bits per heavy atom. The summed E-state index contributed by atoms with van der Waals surface area (Å²) < 4.78 is 4.28. The largest absolute Gasteiger partial charge is 0.395 e. The first-order valence-electron chi connectivity index (χ1n) is 5.53. The molecule has 2 rings (SSSR count). The minimum absolute atomic E-state index is 0.130. The summed E-state index contributed by atoms with van der Waals surface area (Å²) in [5.74, 6) is 0.873. The average molecular weight is 269 g/mol. The third kappa shape index (κ3) is 3.24. The van der Waals surface area contributed by atoms with Gasteiger partial charge >= 0.3 is 0 Å². The Kier molecular flexibility index (Phi) is 4.47. The lowest BCUT2D eigenvalue weighted by molar-refractivity contribution is 0.301. The number of aryl methyl sites for hydroxylation is 1. The number of hydrogen-bond acceptors (Lipinski definition) is 6. The molecule has 2 aromatic rings. The normalized spacial score (nSPS) is 10.7. The highest BCUT2D eigenvalue weighted by atomic mass is 32.1. The molecule has 0 atom stereocenters. The predicted octanol–water partition coefficient (Wildman–Crippen LogP) is 2.16. The van der Waals surface area contributed by atoms with Crippen LogP contribution in [0.4, 0.5) is 5.13 Å². The van der Waals surface area contributed by atoms with Crippen molar-refractivity contribution in [2.75, 3.05) is 18.1 Å². The first kappa shape index (κ1) is 12.5. The average Bonchev–Trinajstić information content (AvgIpc) is 2.99. The molecular weight excluding hydrogens is 254 g/mol. The van der Waals surface area contributed by atoms with Crippen LogP contribution >= 0.6 is 22.9 Å². The molecule has 92 valence electrons. The molecule has 0 spiro atoms. The monoisotopic (exact) mass is 269 g/mol. The molecule has 4 nitrogen and oxygen atoms in total. The van der Waals surface area contributed by atoms with Gasteiger partial charge in [0.2, 0.25) is 5.13 Å². The highest BCUT2D eigenvalue weighted by Crippen LogP contribution is 2.20. The molecule has 0 fully saturated rings. The number of hydrogen-bond donors (Lipinski definition) is 1. The Morgan fingerprint density at radius 1 is 1.47 bits per heavy atom. The number of aromatic nitrogens is 2. The zero-order chi connectivity index (χ0) is 12.1. The zero-order valence-electron chi connectivity index (χ0n) is 9.67. The molecule has 2 heterocycles. The molecule has 0 aromatic carbocycles. The number of rotatable bonds is 6. The summed E-state index contributed by atoms with van der Waals surface area (Å²) in [5, 5.41) is 14.2. The molecule has 0 radical (unpaired) electrons. The van der Waals surface area contributed by atoms with Crippen molar-refractivity contribution < 1.29 is 5.11 Å². The lowest BCUT2D eigenvalue weighted by atomic mass is 10.3. The van der Waals surface area contributed by atoms with Crippen LogP contribution in [-0.2, 0) is 13.0 Å². The fourth-order valence-electron chi connectivity index (χ4n) is 1.48. The predicted molar refractivity (Wildman–Crippen MR) is 71.7 cm³/mol. The van der Waals surface area contributed by atoms with E-state index >= 15 is 0 Å². The van der Waals surface area contributed by atoms with Crippen LogP contribution in [0.15, 0.2) is 16.8 Å². The Hall–Kier alpha value is -0.980. The van der Waals surface area contributed by atoms with E-state index in [2.05, 4.69) is 31.1 Å². The second kappa shape index (κ2) is 6.09. The van der Waals surface area contributed by atoms with Crippen LogP contribution in [0, 0.1) is 0 Å². The summed E-state index contributed by atoms with van der Waals surface area (Å²) in [6, 6.07) is 2.09. The first-order chi connectivity index (χ1) is 8.33. The van der Waals surface area contributed by atoms with Crippen molar-refractivity contribution in [3.05, 3.63) is 28.2 Å². The van der Waals surface area contributed by atoms with Gasteiger partial charge in [0.05, 0.1) is 6.61 Å². The van der Waals surface area contributed by atoms with Crippen molar-refractivity contribution in [1.82, 2.24) is 9.36 Å². The number of aliphatic hydroxyl groups is 1. The molecule has 0 amide bonds. The van der Waals surface area contributed by atoms with Crippen molar-refractivity contribution in [1.29, 1.82) is 0 Å². The van der Waals surface area contributed by atoms with Gasteiger partial charge in [-0.3, -0.25) is 0 Å². The Balaban J connectivity index is 2.10. The fourth-order valence-corrected chi connectivity index (χ4v) is 2.92. The van der Waals surface area contributed by atoms with Crippen LogP contribution in [0.3, 0.4) is 0 Å². The quantitative estimate of drug-likeness (QED) is 0.873. The summed E-state index contributed by atoms with van der Waals surface area (Å²) in [6.45, 7) is 3.54. The molecule has 6 heteroatoms. The van der Waals surface area contributed by atoms with E-state index in [-0.39, 0.29) is 6.61 Å². The van der Waals surface area contributed by atoms with Gasteiger partial charge in [-0.05, 0) is 22.4 Å². The topological polar surface area (TPSA) is 49.2 Å². The maximum atomic E-state index is 9.11. The Morgan fingerprint density at radius 2 is 2.35 bits per heavy atom. The molecule has 0 bridgehead atoms. The van der Waals surface area contributed by atoms with Crippen molar-refractivity contribution in [2.24, 2.45) is 0 Å². The summed E-state index contributed by atoms with van der Waals surface area (Å²) in [5.41, 5.74) is 1.25. The standard InChI is InChI=1S/C11H15N3OS2/c1-2-10-12-11(17-13-10)14(4-5-15)7-9-3-6-16-8-9/h3,6,8,15H,2,4-5,7H2,1H3. The van der Waals surface area contributed by atoms with Crippen molar-refractivity contribution >= 4 is 28.0 Å². The van der Waals surface area contributed by atoms with Crippen LogP contribution in [-0.4, -0.2) is 27.6 Å².